The third kappa shape index (κ3) is 3.96. The molecule has 0 spiro atoms. The van der Waals surface area contributed by atoms with Crippen molar-refractivity contribution >= 4 is 0 Å². The Morgan fingerprint density at radius 2 is 1.32 bits per heavy atom. The summed E-state index contributed by atoms with van der Waals surface area (Å²) < 4.78 is 58.8. The molecule has 0 saturated heterocycles. The van der Waals surface area contributed by atoms with Crippen LogP contribution in [-0.4, -0.2) is 0 Å². The minimum Gasteiger partial charge on any atom is -0.206 e. The molecule has 0 aliphatic rings. The fourth-order valence-corrected chi connectivity index (χ4v) is 3.51. The zero-order valence-corrected chi connectivity index (χ0v) is 15.7. The lowest BCUT2D eigenvalue weighted by Crippen LogP contribution is -2.06. The lowest BCUT2D eigenvalue weighted by Gasteiger charge is -2.19. The van der Waals surface area contributed by atoms with E-state index >= 15 is 0 Å². The van der Waals surface area contributed by atoms with Crippen LogP contribution >= 0.6 is 0 Å². The van der Waals surface area contributed by atoms with E-state index in [1.165, 1.54) is 18.2 Å². The van der Waals surface area contributed by atoms with Crippen molar-refractivity contribution < 1.29 is 17.6 Å². The van der Waals surface area contributed by atoms with Crippen LogP contribution in [0.5, 0.6) is 0 Å². The van der Waals surface area contributed by atoms with E-state index in [2.05, 4.69) is 6.92 Å². The molecule has 0 nitrogen and oxygen atoms in total. The normalized spacial score (nSPS) is 11.0. The summed E-state index contributed by atoms with van der Waals surface area (Å²) in [5.41, 5.74) is 0.475. The SMILES string of the molecule is CCCCCCc1c(F)c(F)c(F)c(-c2ccccc2)c1-c1ccccc1F. The third-order valence-electron chi connectivity index (χ3n) is 4.91. The number of rotatable bonds is 7. The van der Waals surface area contributed by atoms with Crippen LogP contribution < -0.4 is 0 Å². The highest BCUT2D eigenvalue weighted by atomic mass is 19.2. The lowest BCUT2D eigenvalue weighted by atomic mass is 9.87. The first kappa shape index (κ1) is 20.1. The Morgan fingerprint density at radius 1 is 0.643 bits per heavy atom. The Bertz CT molecular complexity index is 949. The van der Waals surface area contributed by atoms with E-state index in [-0.39, 0.29) is 28.7 Å². The Morgan fingerprint density at radius 3 is 2.00 bits per heavy atom. The van der Waals surface area contributed by atoms with Gasteiger partial charge in [-0.2, -0.15) is 0 Å². The van der Waals surface area contributed by atoms with Crippen molar-refractivity contribution in [2.24, 2.45) is 0 Å². The van der Waals surface area contributed by atoms with Crippen molar-refractivity contribution in [1.82, 2.24) is 0 Å². The zero-order chi connectivity index (χ0) is 20.1. The molecule has 146 valence electrons. The molecule has 0 bridgehead atoms. The van der Waals surface area contributed by atoms with Gasteiger partial charge in [-0.15, -0.1) is 0 Å². The quantitative estimate of drug-likeness (QED) is 0.222. The van der Waals surface area contributed by atoms with Crippen LogP contribution in [-0.2, 0) is 6.42 Å². The minimum atomic E-state index is -1.51. The fourth-order valence-electron chi connectivity index (χ4n) is 3.51. The second-order valence-electron chi connectivity index (χ2n) is 6.83. The maximum atomic E-state index is 14.9. The number of hydrogen-bond acceptors (Lipinski definition) is 0. The van der Waals surface area contributed by atoms with E-state index in [4.69, 9.17) is 0 Å². The van der Waals surface area contributed by atoms with Crippen LogP contribution in [0.4, 0.5) is 17.6 Å². The molecule has 0 aromatic heterocycles. The molecule has 0 heterocycles. The largest absolute Gasteiger partial charge is 0.206 e. The zero-order valence-electron chi connectivity index (χ0n) is 15.7. The Balaban J connectivity index is 2.29. The van der Waals surface area contributed by atoms with Crippen LogP contribution in [0.1, 0.15) is 38.2 Å². The van der Waals surface area contributed by atoms with Crippen LogP contribution in [0, 0.1) is 23.3 Å². The van der Waals surface area contributed by atoms with Gasteiger partial charge in [-0.25, -0.2) is 17.6 Å². The first-order chi connectivity index (χ1) is 13.6. The Labute approximate surface area is 162 Å². The highest BCUT2D eigenvalue weighted by Crippen LogP contribution is 2.41. The first-order valence-electron chi connectivity index (χ1n) is 9.55. The van der Waals surface area contributed by atoms with Gasteiger partial charge in [-0.05, 0) is 30.0 Å². The maximum absolute atomic E-state index is 14.9. The lowest BCUT2D eigenvalue weighted by molar-refractivity contribution is 0.442. The monoisotopic (exact) mass is 386 g/mol. The summed E-state index contributed by atoms with van der Waals surface area (Å²) in [7, 11) is 0. The predicted octanol–water partition coefficient (Wildman–Crippen LogP) is 7.70. The molecular weight excluding hydrogens is 364 g/mol. The number of hydrogen-bond donors (Lipinski definition) is 0. The molecule has 3 aromatic carbocycles. The van der Waals surface area contributed by atoms with Crippen LogP contribution in [0.3, 0.4) is 0 Å². The Hall–Kier alpha value is -2.62. The average molecular weight is 386 g/mol. The molecule has 0 saturated carbocycles. The van der Waals surface area contributed by atoms with Crippen molar-refractivity contribution in [2.45, 2.75) is 39.0 Å². The van der Waals surface area contributed by atoms with Crippen LogP contribution in [0.15, 0.2) is 54.6 Å². The maximum Gasteiger partial charge on any atom is 0.195 e. The van der Waals surface area contributed by atoms with Crippen molar-refractivity contribution in [3.63, 3.8) is 0 Å². The number of unbranched alkanes of at least 4 members (excludes halogenated alkanes) is 3. The molecule has 28 heavy (non-hydrogen) atoms. The van der Waals surface area contributed by atoms with Crippen molar-refractivity contribution in [2.75, 3.05) is 0 Å². The first-order valence-corrected chi connectivity index (χ1v) is 9.55. The highest BCUT2D eigenvalue weighted by Gasteiger charge is 2.27. The van der Waals surface area contributed by atoms with Gasteiger partial charge in [0.1, 0.15) is 5.82 Å². The molecule has 0 aliphatic heterocycles. The van der Waals surface area contributed by atoms with Gasteiger partial charge in [0, 0.05) is 16.7 Å². The predicted molar refractivity (Wildman–Crippen MR) is 105 cm³/mol. The molecule has 0 N–H and O–H groups in total. The van der Waals surface area contributed by atoms with Gasteiger partial charge in [0.2, 0.25) is 0 Å². The summed E-state index contributed by atoms with van der Waals surface area (Å²) >= 11 is 0. The van der Waals surface area contributed by atoms with Crippen LogP contribution in [0.25, 0.3) is 22.3 Å². The minimum absolute atomic E-state index is 0.0268. The van der Waals surface area contributed by atoms with E-state index in [9.17, 15) is 17.6 Å². The molecule has 0 amide bonds. The third-order valence-corrected chi connectivity index (χ3v) is 4.91. The highest BCUT2D eigenvalue weighted by molar-refractivity contribution is 5.86. The number of benzene rings is 3. The van der Waals surface area contributed by atoms with E-state index in [0.29, 0.717) is 12.0 Å². The molecule has 0 aliphatic carbocycles. The summed E-state index contributed by atoms with van der Waals surface area (Å²) in [6.45, 7) is 2.05. The average Bonchev–Trinajstić information content (AvgIpc) is 2.72. The summed E-state index contributed by atoms with van der Waals surface area (Å²) in [5, 5.41) is 0. The summed E-state index contributed by atoms with van der Waals surface area (Å²) in [6.07, 6.45) is 3.63. The molecule has 4 heteroatoms. The van der Waals surface area contributed by atoms with Gasteiger partial charge >= 0.3 is 0 Å². The molecule has 3 rings (SSSR count). The Kier molecular flexibility index (Phi) is 6.50. The second-order valence-corrected chi connectivity index (χ2v) is 6.83. The summed E-state index contributed by atoms with van der Waals surface area (Å²) in [6, 6.07) is 14.2. The molecular formula is C24H22F4. The van der Waals surface area contributed by atoms with Gasteiger partial charge in [0.15, 0.2) is 17.5 Å². The second kappa shape index (κ2) is 9.05. The molecule has 0 atom stereocenters. The van der Waals surface area contributed by atoms with Crippen molar-refractivity contribution in [1.29, 1.82) is 0 Å². The van der Waals surface area contributed by atoms with Gasteiger partial charge < -0.3 is 0 Å². The van der Waals surface area contributed by atoms with E-state index in [1.54, 1.807) is 36.4 Å². The van der Waals surface area contributed by atoms with E-state index in [0.717, 1.165) is 19.3 Å². The van der Waals surface area contributed by atoms with Gasteiger partial charge in [0.25, 0.3) is 0 Å². The summed E-state index contributed by atoms with van der Waals surface area (Å²) in [5.74, 6) is -4.63. The van der Waals surface area contributed by atoms with E-state index in [1.807, 2.05) is 0 Å². The van der Waals surface area contributed by atoms with Crippen molar-refractivity contribution in [3.8, 4) is 22.3 Å². The molecule has 0 fully saturated rings. The number of halogens is 4. The van der Waals surface area contributed by atoms with Crippen LogP contribution in [0.2, 0.25) is 0 Å². The molecule has 0 unspecified atom stereocenters. The summed E-state index contributed by atoms with van der Waals surface area (Å²) in [4.78, 5) is 0. The fraction of sp³-hybridized carbons (Fsp3) is 0.250. The standard InChI is InChI=1S/C24H22F4/c1-2-3-4-8-14-18-21(17-13-9-10-15-19(17)25)20(16-11-6-5-7-12-16)23(27)24(28)22(18)26/h5-7,9-13,15H,2-4,8,14H2,1H3. The molecule has 0 radical (unpaired) electrons. The topological polar surface area (TPSA) is 0 Å². The van der Waals surface area contributed by atoms with Crippen molar-refractivity contribution in [3.05, 3.63) is 83.4 Å². The van der Waals surface area contributed by atoms with Gasteiger partial charge in [-0.3, -0.25) is 0 Å². The van der Waals surface area contributed by atoms with Gasteiger partial charge in [0.05, 0.1) is 0 Å². The van der Waals surface area contributed by atoms with Gasteiger partial charge in [-0.1, -0.05) is 74.7 Å². The smallest absolute Gasteiger partial charge is 0.195 e. The van der Waals surface area contributed by atoms with E-state index < -0.39 is 23.3 Å². The molecule has 3 aromatic rings.